The summed E-state index contributed by atoms with van der Waals surface area (Å²) in [4.78, 5) is 25.4. The van der Waals surface area contributed by atoms with Crippen molar-refractivity contribution < 1.29 is 9.53 Å². The Morgan fingerprint density at radius 1 is 1.20 bits per heavy atom. The zero-order valence-electron chi connectivity index (χ0n) is 13.8. The Morgan fingerprint density at radius 3 is 2.80 bits per heavy atom. The first-order chi connectivity index (χ1) is 12.2. The first kappa shape index (κ1) is 16.1. The van der Waals surface area contributed by atoms with Crippen LogP contribution in [-0.2, 0) is 11.2 Å². The summed E-state index contributed by atoms with van der Waals surface area (Å²) in [6.07, 6.45) is 5.79. The molecule has 0 aliphatic carbocycles. The molecule has 2 aliphatic heterocycles. The topological polar surface area (TPSA) is 58.6 Å². The molecule has 25 heavy (non-hydrogen) atoms. The number of fused-ring (bicyclic) bond motifs is 1. The molecule has 4 rings (SSSR count). The van der Waals surface area contributed by atoms with Crippen LogP contribution in [0.25, 0.3) is 0 Å². The minimum atomic E-state index is -0.144. The zero-order valence-corrected chi connectivity index (χ0v) is 14.5. The van der Waals surface area contributed by atoms with Gasteiger partial charge in [-0.05, 0) is 30.2 Å². The van der Waals surface area contributed by atoms with E-state index in [1.807, 2.05) is 23.1 Å². The quantitative estimate of drug-likeness (QED) is 0.822. The van der Waals surface area contributed by atoms with Gasteiger partial charge in [-0.25, -0.2) is 4.98 Å². The number of hydrogen-bond donors (Lipinski definition) is 0. The van der Waals surface area contributed by atoms with Gasteiger partial charge in [0.1, 0.15) is 18.2 Å². The number of halogens is 1. The molecule has 2 aliphatic rings. The molecule has 130 valence electrons. The van der Waals surface area contributed by atoms with Gasteiger partial charge in [0.05, 0.1) is 12.1 Å². The lowest BCUT2D eigenvalue weighted by atomic mass is 9.95. The number of rotatable bonds is 2. The van der Waals surface area contributed by atoms with Gasteiger partial charge in [0.25, 0.3) is 0 Å². The van der Waals surface area contributed by atoms with Crippen molar-refractivity contribution in [3.8, 4) is 5.75 Å². The van der Waals surface area contributed by atoms with Gasteiger partial charge in [0.2, 0.25) is 5.91 Å². The van der Waals surface area contributed by atoms with E-state index in [0.717, 1.165) is 30.2 Å². The summed E-state index contributed by atoms with van der Waals surface area (Å²) in [7, 11) is 0. The fourth-order valence-corrected chi connectivity index (χ4v) is 3.59. The van der Waals surface area contributed by atoms with Crippen molar-refractivity contribution in [3.63, 3.8) is 0 Å². The lowest BCUT2D eigenvalue weighted by Crippen LogP contribution is -2.51. The monoisotopic (exact) mass is 358 g/mol. The Morgan fingerprint density at radius 2 is 2.04 bits per heavy atom. The van der Waals surface area contributed by atoms with Crippen molar-refractivity contribution in [2.75, 3.05) is 37.7 Å². The number of piperazine rings is 1. The highest BCUT2D eigenvalue weighted by Gasteiger charge is 2.31. The highest BCUT2D eigenvalue weighted by Crippen LogP contribution is 2.30. The number of carbonyl (C=O) groups excluding carboxylic acids is 1. The molecule has 0 bridgehead atoms. The van der Waals surface area contributed by atoms with Gasteiger partial charge in [0, 0.05) is 43.6 Å². The molecule has 2 aromatic rings. The van der Waals surface area contributed by atoms with Crippen LogP contribution >= 0.6 is 11.6 Å². The maximum atomic E-state index is 12.9. The van der Waals surface area contributed by atoms with Crippen LogP contribution in [0.3, 0.4) is 0 Å². The largest absolute Gasteiger partial charge is 0.492 e. The van der Waals surface area contributed by atoms with E-state index in [1.54, 1.807) is 18.6 Å². The lowest BCUT2D eigenvalue weighted by molar-refractivity contribution is -0.137. The second kappa shape index (κ2) is 6.88. The Bertz CT molecular complexity index is 763. The van der Waals surface area contributed by atoms with E-state index in [4.69, 9.17) is 16.3 Å². The molecule has 3 heterocycles. The first-order valence-corrected chi connectivity index (χ1v) is 8.79. The number of carbonyl (C=O) groups is 1. The second-order valence-corrected chi connectivity index (χ2v) is 6.78. The van der Waals surface area contributed by atoms with E-state index in [1.165, 1.54) is 0 Å². The summed E-state index contributed by atoms with van der Waals surface area (Å²) >= 11 is 6.06. The molecule has 1 aromatic heterocycles. The summed E-state index contributed by atoms with van der Waals surface area (Å²) in [5, 5.41) is 0.674. The fourth-order valence-electron chi connectivity index (χ4n) is 3.39. The van der Waals surface area contributed by atoms with Crippen LogP contribution in [-0.4, -0.2) is 53.6 Å². The Hall–Kier alpha value is -2.34. The number of benzene rings is 1. The third-order valence-corrected chi connectivity index (χ3v) is 4.98. The maximum Gasteiger partial charge on any atom is 0.229 e. The normalized spacial score (nSPS) is 20.0. The van der Waals surface area contributed by atoms with Crippen LogP contribution in [0.5, 0.6) is 5.75 Å². The van der Waals surface area contributed by atoms with Gasteiger partial charge in [-0.3, -0.25) is 9.78 Å². The molecule has 0 radical (unpaired) electrons. The third kappa shape index (κ3) is 3.39. The Kier molecular flexibility index (Phi) is 4.44. The molecule has 1 unspecified atom stereocenters. The SMILES string of the molecule is O=C(C1COc2ccc(Cl)cc2C1)N1CCN(c2cnccn2)CC1. The Balaban J connectivity index is 1.38. The van der Waals surface area contributed by atoms with E-state index in [9.17, 15) is 4.79 Å². The molecular weight excluding hydrogens is 340 g/mol. The highest BCUT2D eigenvalue weighted by atomic mass is 35.5. The van der Waals surface area contributed by atoms with E-state index < -0.39 is 0 Å². The fraction of sp³-hybridized carbons (Fsp3) is 0.389. The molecule has 1 aromatic carbocycles. The van der Waals surface area contributed by atoms with Gasteiger partial charge >= 0.3 is 0 Å². The summed E-state index contributed by atoms with van der Waals surface area (Å²) in [6.45, 7) is 3.33. The minimum Gasteiger partial charge on any atom is -0.492 e. The lowest BCUT2D eigenvalue weighted by Gasteiger charge is -2.37. The summed E-state index contributed by atoms with van der Waals surface area (Å²) in [5.74, 6) is 1.71. The molecule has 0 saturated carbocycles. The van der Waals surface area contributed by atoms with Crippen LogP contribution in [0.15, 0.2) is 36.8 Å². The van der Waals surface area contributed by atoms with E-state index in [-0.39, 0.29) is 11.8 Å². The summed E-state index contributed by atoms with van der Waals surface area (Å²) < 4.78 is 5.76. The number of amides is 1. The van der Waals surface area contributed by atoms with Crippen molar-refractivity contribution in [3.05, 3.63) is 47.4 Å². The predicted molar refractivity (Wildman–Crippen MR) is 95.0 cm³/mol. The molecule has 0 N–H and O–H groups in total. The number of hydrogen-bond acceptors (Lipinski definition) is 5. The molecule has 1 fully saturated rings. The van der Waals surface area contributed by atoms with Gasteiger partial charge in [-0.1, -0.05) is 11.6 Å². The molecule has 7 heteroatoms. The molecule has 1 atom stereocenters. The van der Waals surface area contributed by atoms with Crippen molar-refractivity contribution in [2.24, 2.45) is 5.92 Å². The van der Waals surface area contributed by atoms with Crippen LogP contribution in [0.2, 0.25) is 5.02 Å². The summed E-state index contributed by atoms with van der Waals surface area (Å²) in [6, 6.07) is 5.58. The van der Waals surface area contributed by atoms with E-state index in [2.05, 4.69) is 14.9 Å². The van der Waals surface area contributed by atoms with Crippen LogP contribution in [0, 0.1) is 5.92 Å². The predicted octanol–water partition coefficient (Wildman–Crippen LogP) is 2.03. The molecule has 1 saturated heterocycles. The van der Waals surface area contributed by atoms with Crippen LogP contribution in [0.4, 0.5) is 5.82 Å². The molecule has 6 nitrogen and oxygen atoms in total. The number of aromatic nitrogens is 2. The van der Waals surface area contributed by atoms with Gasteiger partial charge in [-0.2, -0.15) is 0 Å². The standard InChI is InChI=1S/C18H19ClN4O2/c19-15-1-2-16-13(10-15)9-14(12-25-16)18(24)23-7-5-22(6-8-23)17-11-20-3-4-21-17/h1-4,10-11,14H,5-9,12H2. The first-order valence-electron chi connectivity index (χ1n) is 8.42. The third-order valence-electron chi connectivity index (χ3n) is 4.74. The van der Waals surface area contributed by atoms with Crippen molar-refractivity contribution in [2.45, 2.75) is 6.42 Å². The molecule has 0 spiro atoms. The van der Waals surface area contributed by atoms with Crippen LogP contribution < -0.4 is 9.64 Å². The maximum absolute atomic E-state index is 12.9. The van der Waals surface area contributed by atoms with Crippen molar-refractivity contribution in [1.29, 1.82) is 0 Å². The smallest absolute Gasteiger partial charge is 0.229 e. The Labute approximate surface area is 151 Å². The number of anilines is 1. The second-order valence-electron chi connectivity index (χ2n) is 6.34. The highest BCUT2D eigenvalue weighted by molar-refractivity contribution is 6.30. The zero-order chi connectivity index (χ0) is 17.2. The van der Waals surface area contributed by atoms with Gasteiger partial charge in [0.15, 0.2) is 0 Å². The average Bonchev–Trinajstić information content (AvgIpc) is 2.67. The van der Waals surface area contributed by atoms with Gasteiger partial charge in [-0.15, -0.1) is 0 Å². The average molecular weight is 359 g/mol. The number of nitrogens with zero attached hydrogens (tertiary/aromatic N) is 4. The number of ether oxygens (including phenoxy) is 1. The molecule has 1 amide bonds. The van der Waals surface area contributed by atoms with Gasteiger partial charge < -0.3 is 14.5 Å². The van der Waals surface area contributed by atoms with Crippen molar-refractivity contribution >= 4 is 23.3 Å². The minimum absolute atomic E-state index is 0.144. The van der Waals surface area contributed by atoms with E-state index in [0.29, 0.717) is 31.1 Å². The van der Waals surface area contributed by atoms with E-state index >= 15 is 0 Å². The molecular formula is C18H19ClN4O2. The van der Waals surface area contributed by atoms with Crippen LogP contribution in [0.1, 0.15) is 5.56 Å². The van der Waals surface area contributed by atoms with Crippen molar-refractivity contribution in [1.82, 2.24) is 14.9 Å². The summed E-state index contributed by atoms with van der Waals surface area (Å²) in [5.41, 5.74) is 1.01.